The highest BCUT2D eigenvalue weighted by molar-refractivity contribution is 14.0. The number of hydrogen-bond donors (Lipinski definition) is 1. The molecule has 0 saturated heterocycles. The van der Waals surface area contributed by atoms with Crippen molar-refractivity contribution in [3.05, 3.63) is 34.0 Å². The minimum Gasteiger partial charge on any atom is -0.351 e. The molecule has 0 amide bonds. The van der Waals surface area contributed by atoms with Gasteiger partial charge in [-0.25, -0.2) is 4.99 Å². The van der Waals surface area contributed by atoms with Crippen molar-refractivity contribution in [1.29, 1.82) is 0 Å². The monoisotopic (exact) mass is 516 g/mol. The Labute approximate surface area is 189 Å². The van der Waals surface area contributed by atoms with Gasteiger partial charge in [0, 0.05) is 25.5 Å². The Hall–Kier alpha value is -1.16. The predicted molar refractivity (Wildman–Crippen MR) is 127 cm³/mol. The lowest BCUT2D eigenvalue weighted by molar-refractivity contribution is 0.250. The number of halogens is 1. The Kier molecular flexibility index (Phi) is 9.20. The van der Waals surface area contributed by atoms with Crippen molar-refractivity contribution in [3.8, 4) is 0 Å². The second-order valence-electron chi connectivity index (χ2n) is 7.80. The highest BCUT2D eigenvalue weighted by atomic mass is 127. The Balaban J connectivity index is 0.00000280. The summed E-state index contributed by atoms with van der Waals surface area (Å²) in [6.07, 6.45) is 5.36. The third kappa shape index (κ3) is 6.43. The van der Waals surface area contributed by atoms with Gasteiger partial charge in [-0.1, -0.05) is 25.8 Å². The van der Waals surface area contributed by atoms with Crippen LogP contribution in [0.5, 0.6) is 0 Å². The predicted octanol–water partition coefficient (Wildman–Crippen LogP) is 4.21. The molecule has 2 aromatic heterocycles. The van der Waals surface area contributed by atoms with Gasteiger partial charge in [-0.3, -0.25) is 0 Å². The summed E-state index contributed by atoms with van der Waals surface area (Å²) in [4.78, 5) is 8.47. The third-order valence-electron chi connectivity index (χ3n) is 5.58. The van der Waals surface area contributed by atoms with E-state index < -0.39 is 0 Å². The van der Waals surface area contributed by atoms with Crippen LogP contribution in [-0.4, -0.2) is 39.2 Å². The highest BCUT2D eigenvalue weighted by Gasteiger charge is 2.21. The van der Waals surface area contributed by atoms with Crippen LogP contribution in [0.3, 0.4) is 0 Å². The molecule has 1 aliphatic rings. The first-order valence-corrected chi connectivity index (χ1v) is 10.8. The van der Waals surface area contributed by atoms with Crippen LogP contribution in [0, 0.1) is 18.8 Å². The molecule has 156 valence electrons. The van der Waals surface area contributed by atoms with Crippen LogP contribution in [0.1, 0.15) is 49.1 Å². The maximum Gasteiger partial charge on any atom is 0.194 e. The van der Waals surface area contributed by atoms with Gasteiger partial charge < -0.3 is 14.8 Å². The number of nitrogens with zero attached hydrogens (tertiary/aromatic N) is 5. The standard InChI is InChI=1S/C20H32N6S.HI/c1-15-7-9-17(10-8-15)14-25(3)20(21-12-18-6-5-11-27-18)22-13-19-24-23-16(2)26(19)4;/h5-6,11,15,17H,7-10,12-14H2,1-4H3,(H,21,22);1H. The molecule has 0 bridgehead atoms. The van der Waals surface area contributed by atoms with Crippen LogP contribution in [0.15, 0.2) is 22.5 Å². The number of guanidine groups is 1. The molecule has 0 aliphatic heterocycles. The zero-order valence-corrected chi connectivity index (χ0v) is 20.5. The first-order valence-electron chi connectivity index (χ1n) is 9.89. The van der Waals surface area contributed by atoms with Gasteiger partial charge in [0.2, 0.25) is 0 Å². The van der Waals surface area contributed by atoms with Crippen LogP contribution in [-0.2, 0) is 20.1 Å². The Morgan fingerprint density at radius 1 is 1.32 bits per heavy atom. The van der Waals surface area contributed by atoms with Crippen LogP contribution in [0.4, 0.5) is 0 Å². The van der Waals surface area contributed by atoms with Gasteiger partial charge in [0.1, 0.15) is 12.4 Å². The molecule has 2 aromatic rings. The fraction of sp³-hybridized carbons (Fsp3) is 0.650. The molecule has 0 aromatic carbocycles. The summed E-state index contributed by atoms with van der Waals surface area (Å²) in [7, 11) is 4.14. The second kappa shape index (κ2) is 11.1. The highest BCUT2D eigenvalue weighted by Crippen LogP contribution is 2.28. The van der Waals surface area contributed by atoms with Gasteiger partial charge in [0.25, 0.3) is 0 Å². The van der Waals surface area contributed by atoms with Crippen LogP contribution in [0.25, 0.3) is 0 Å². The molecule has 0 unspecified atom stereocenters. The summed E-state index contributed by atoms with van der Waals surface area (Å²) in [5.41, 5.74) is 0. The molecule has 8 heteroatoms. The topological polar surface area (TPSA) is 58.3 Å². The largest absolute Gasteiger partial charge is 0.351 e. The van der Waals surface area contributed by atoms with E-state index in [-0.39, 0.29) is 24.0 Å². The zero-order chi connectivity index (χ0) is 19.2. The lowest BCUT2D eigenvalue weighted by atomic mass is 9.83. The molecular weight excluding hydrogens is 483 g/mol. The molecule has 2 heterocycles. The van der Waals surface area contributed by atoms with Crippen molar-refractivity contribution in [2.75, 3.05) is 13.6 Å². The van der Waals surface area contributed by atoms with Crippen molar-refractivity contribution in [1.82, 2.24) is 25.0 Å². The van der Waals surface area contributed by atoms with Gasteiger partial charge in [-0.05, 0) is 43.0 Å². The summed E-state index contributed by atoms with van der Waals surface area (Å²) < 4.78 is 2.00. The van der Waals surface area contributed by atoms with Crippen molar-refractivity contribution in [2.24, 2.45) is 23.9 Å². The first-order chi connectivity index (χ1) is 13.0. The number of aromatic nitrogens is 3. The van der Waals surface area contributed by atoms with Crippen molar-refractivity contribution in [3.63, 3.8) is 0 Å². The maximum absolute atomic E-state index is 4.86. The number of aliphatic imine (C=N–C) groups is 1. The third-order valence-corrected chi connectivity index (χ3v) is 6.46. The Morgan fingerprint density at radius 3 is 2.68 bits per heavy atom. The molecule has 0 atom stereocenters. The van der Waals surface area contributed by atoms with E-state index in [1.807, 2.05) is 18.5 Å². The second-order valence-corrected chi connectivity index (χ2v) is 8.83. The van der Waals surface area contributed by atoms with Crippen molar-refractivity contribution >= 4 is 41.3 Å². The lowest BCUT2D eigenvalue weighted by Crippen LogP contribution is -2.41. The number of aryl methyl sites for hydroxylation is 1. The molecule has 0 radical (unpaired) electrons. The zero-order valence-electron chi connectivity index (χ0n) is 17.4. The Morgan fingerprint density at radius 2 is 2.07 bits per heavy atom. The normalized spacial score (nSPS) is 19.9. The number of nitrogens with one attached hydrogen (secondary N) is 1. The van der Waals surface area contributed by atoms with E-state index in [9.17, 15) is 0 Å². The van der Waals surface area contributed by atoms with Gasteiger partial charge in [0.15, 0.2) is 11.8 Å². The van der Waals surface area contributed by atoms with E-state index in [4.69, 9.17) is 4.99 Å². The first kappa shape index (κ1) is 23.1. The van der Waals surface area contributed by atoms with E-state index in [0.717, 1.165) is 42.5 Å². The van der Waals surface area contributed by atoms with Crippen LogP contribution in [0.2, 0.25) is 0 Å². The van der Waals surface area contributed by atoms with E-state index in [1.54, 1.807) is 11.3 Å². The van der Waals surface area contributed by atoms with E-state index in [0.29, 0.717) is 6.54 Å². The molecule has 1 fully saturated rings. The summed E-state index contributed by atoms with van der Waals surface area (Å²) >= 11 is 1.77. The Bertz CT molecular complexity index is 734. The molecule has 28 heavy (non-hydrogen) atoms. The molecule has 3 rings (SSSR count). The average Bonchev–Trinajstić information content (AvgIpc) is 3.28. The minimum atomic E-state index is 0. The summed E-state index contributed by atoms with van der Waals surface area (Å²) in [5.74, 6) is 4.40. The van der Waals surface area contributed by atoms with Gasteiger partial charge in [-0.2, -0.15) is 0 Å². The molecule has 1 N–H and O–H groups in total. The fourth-order valence-electron chi connectivity index (χ4n) is 3.61. The lowest BCUT2D eigenvalue weighted by Gasteiger charge is -2.31. The number of rotatable bonds is 6. The van der Waals surface area contributed by atoms with Gasteiger partial charge in [-0.15, -0.1) is 45.5 Å². The maximum atomic E-state index is 4.86. The number of thiophene rings is 1. The van der Waals surface area contributed by atoms with Crippen LogP contribution >= 0.6 is 35.3 Å². The number of hydrogen-bond acceptors (Lipinski definition) is 4. The SMILES string of the molecule is Cc1nnc(CN=C(NCc2cccs2)N(C)CC2CCC(C)CC2)n1C.I. The molecular formula is C20H33IN6S. The molecule has 1 aliphatic carbocycles. The van der Waals surface area contributed by atoms with E-state index >= 15 is 0 Å². The van der Waals surface area contributed by atoms with Crippen molar-refractivity contribution in [2.45, 2.75) is 52.6 Å². The molecule has 1 saturated carbocycles. The quantitative estimate of drug-likeness (QED) is 0.355. The average molecular weight is 516 g/mol. The van der Waals surface area contributed by atoms with E-state index in [2.05, 4.69) is 51.9 Å². The summed E-state index contributed by atoms with van der Waals surface area (Å²) in [5, 5.41) is 14.0. The summed E-state index contributed by atoms with van der Waals surface area (Å²) in [6, 6.07) is 4.25. The van der Waals surface area contributed by atoms with Crippen molar-refractivity contribution < 1.29 is 0 Å². The van der Waals surface area contributed by atoms with E-state index in [1.165, 1.54) is 30.6 Å². The van der Waals surface area contributed by atoms with Gasteiger partial charge in [0.05, 0.1) is 6.54 Å². The summed E-state index contributed by atoms with van der Waals surface area (Å²) in [6.45, 7) is 6.74. The minimum absolute atomic E-state index is 0. The smallest absolute Gasteiger partial charge is 0.194 e. The van der Waals surface area contributed by atoms with Crippen LogP contribution < -0.4 is 5.32 Å². The fourth-order valence-corrected chi connectivity index (χ4v) is 4.26. The van der Waals surface area contributed by atoms with Gasteiger partial charge >= 0.3 is 0 Å². The molecule has 6 nitrogen and oxygen atoms in total. The molecule has 0 spiro atoms.